The number of likely N-dealkylation sites (tertiary alicyclic amines) is 1. The molecule has 1 aliphatic heterocycles. The van der Waals surface area contributed by atoms with Gasteiger partial charge in [-0.15, -0.1) is 0 Å². The van der Waals surface area contributed by atoms with Crippen LogP contribution in [0.5, 0.6) is 0 Å². The molecule has 32 heavy (non-hydrogen) atoms. The molecule has 2 fully saturated rings. The van der Waals surface area contributed by atoms with Crippen LogP contribution in [0.4, 0.5) is 23.7 Å². The highest BCUT2D eigenvalue weighted by Gasteiger charge is 2.56. The van der Waals surface area contributed by atoms with E-state index >= 15 is 0 Å². The van der Waals surface area contributed by atoms with E-state index in [0.29, 0.717) is 37.1 Å². The summed E-state index contributed by atoms with van der Waals surface area (Å²) in [4.78, 5) is 27.5. The summed E-state index contributed by atoms with van der Waals surface area (Å²) >= 11 is 0. The zero-order valence-electron chi connectivity index (χ0n) is 17.1. The van der Waals surface area contributed by atoms with Crippen LogP contribution in [0, 0.1) is 5.41 Å². The lowest BCUT2D eigenvalue weighted by molar-refractivity contribution is -0.137. The molecule has 168 valence electrons. The number of carboxylic acid groups (broad SMARTS) is 1. The van der Waals surface area contributed by atoms with Gasteiger partial charge in [0.15, 0.2) is 0 Å². The maximum absolute atomic E-state index is 13.0. The van der Waals surface area contributed by atoms with Gasteiger partial charge in [-0.2, -0.15) is 18.3 Å². The van der Waals surface area contributed by atoms with Gasteiger partial charge >= 0.3 is 12.3 Å². The van der Waals surface area contributed by atoms with E-state index in [2.05, 4.69) is 5.10 Å². The molecular formula is C21H20F3N5O3. The number of fused-ring (bicyclic) bond motifs is 1. The molecule has 1 spiro atoms. The van der Waals surface area contributed by atoms with Gasteiger partial charge < -0.3 is 14.6 Å². The number of imidazole rings is 1. The molecule has 0 atom stereocenters. The minimum absolute atomic E-state index is 0.00501. The third kappa shape index (κ3) is 3.10. The number of hydrogen-bond acceptors (Lipinski definition) is 3. The SMILES string of the molecule is Cn1ccn2ncc(C(=O)N3CC4(CC(N(C(=O)O)c5cccc(C(F)(F)F)c5)C4)C3)c12. The number of amides is 2. The van der Waals surface area contributed by atoms with Crippen LogP contribution in [-0.4, -0.2) is 55.3 Å². The predicted molar refractivity (Wildman–Crippen MR) is 107 cm³/mol. The van der Waals surface area contributed by atoms with Crippen molar-refractivity contribution in [3.8, 4) is 0 Å². The predicted octanol–water partition coefficient (Wildman–Crippen LogP) is 3.48. The third-order valence-corrected chi connectivity index (χ3v) is 6.47. The Morgan fingerprint density at radius 1 is 1.22 bits per heavy atom. The van der Waals surface area contributed by atoms with Crippen molar-refractivity contribution in [2.75, 3.05) is 18.0 Å². The minimum atomic E-state index is -4.55. The van der Waals surface area contributed by atoms with E-state index in [1.807, 2.05) is 17.8 Å². The van der Waals surface area contributed by atoms with E-state index in [1.165, 1.54) is 18.3 Å². The Hall–Kier alpha value is -3.50. The molecule has 2 aliphatic rings. The molecule has 3 heterocycles. The Labute approximate surface area is 180 Å². The average Bonchev–Trinajstić information content (AvgIpc) is 3.24. The first-order valence-electron chi connectivity index (χ1n) is 10.1. The van der Waals surface area contributed by atoms with E-state index in [-0.39, 0.29) is 17.0 Å². The van der Waals surface area contributed by atoms with E-state index in [1.54, 1.807) is 15.6 Å². The molecule has 1 saturated carbocycles. The maximum atomic E-state index is 13.0. The highest BCUT2D eigenvalue weighted by atomic mass is 19.4. The molecule has 2 aromatic heterocycles. The quantitative estimate of drug-likeness (QED) is 0.667. The van der Waals surface area contributed by atoms with Gasteiger partial charge in [0.1, 0.15) is 11.2 Å². The van der Waals surface area contributed by atoms with Crippen molar-refractivity contribution in [2.45, 2.75) is 25.1 Å². The first-order valence-corrected chi connectivity index (χ1v) is 10.1. The van der Waals surface area contributed by atoms with Gasteiger partial charge in [0.25, 0.3) is 5.91 Å². The molecule has 1 saturated heterocycles. The molecular weight excluding hydrogens is 427 g/mol. The lowest BCUT2D eigenvalue weighted by Crippen LogP contribution is -2.68. The van der Waals surface area contributed by atoms with Crippen molar-refractivity contribution in [2.24, 2.45) is 12.5 Å². The van der Waals surface area contributed by atoms with Crippen LogP contribution in [0.25, 0.3) is 5.65 Å². The summed E-state index contributed by atoms with van der Waals surface area (Å²) in [6, 6.07) is 3.94. The summed E-state index contributed by atoms with van der Waals surface area (Å²) in [7, 11) is 1.83. The molecule has 0 radical (unpaired) electrons. The topological polar surface area (TPSA) is 83.1 Å². The first kappa shape index (κ1) is 20.4. The van der Waals surface area contributed by atoms with Crippen LogP contribution < -0.4 is 4.90 Å². The zero-order valence-corrected chi connectivity index (χ0v) is 17.1. The molecule has 1 N–H and O–H groups in total. The minimum Gasteiger partial charge on any atom is -0.465 e. The molecule has 11 heteroatoms. The van der Waals surface area contributed by atoms with Crippen molar-refractivity contribution in [3.63, 3.8) is 0 Å². The third-order valence-electron chi connectivity index (χ3n) is 6.47. The Morgan fingerprint density at radius 3 is 2.59 bits per heavy atom. The normalized spacial score (nSPS) is 17.9. The number of nitrogens with zero attached hydrogens (tertiary/aromatic N) is 5. The van der Waals surface area contributed by atoms with Crippen molar-refractivity contribution in [3.05, 3.63) is 54.0 Å². The van der Waals surface area contributed by atoms with Gasteiger partial charge in [0.2, 0.25) is 0 Å². The van der Waals surface area contributed by atoms with Crippen molar-refractivity contribution in [1.29, 1.82) is 0 Å². The number of halogens is 3. The number of alkyl halides is 3. The molecule has 0 unspecified atom stereocenters. The summed E-state index contributed by atoms with van der Waals surface area (Å²) in [6.07, 6.45) is 0.248. The second-order valence-corrected chi connectivity index (χ2v) is 8.66. The van der Waals surface area contributed by atoms with E-state index in [4.69, 9.17) is 0 Å². The van der Waals surface area contributed by atoms with Crippen LogP contribution in [0.3, 0.4) is 0 Å². The van der Waals surface area contributed by atoms with Crippen LogP contribution in [0.15, 0.2) is 42.9 Å². The smallest absolute Gasteiger partial charge is 0.416 e. The number of carbonyl (C=O) groups excluding carboxylic acids is 1. The Morgan fingerprint density at radius 2 is 1.94 bits per heavy atom. The zero-order chi connectivity index (χ0) is 22.8. The van der Waals surface area contributed by atoms with E-state index < -0.39 is 23.9 Å². The van der Waals surface area contributed by atoms with Gasteiger partial charge in [0.05, 0.1) is 11.8 Å². The second-order valence-electron chi connectivity index (χ2n) is 8.66. The number of benzene rings is 1. The van der Waals surface area contributed by atoms with Crippen LogP contribution >= 0.6 is 0 Å². The number of anilines is 1. The van der Waals surface area contributed by atoms with Gasteiger partial charge in [-0.3, -0.25) is 9.69 Å². The van der Waals surface area contributed by atoms with Gasteiger partial charge in [-0.25, -0.2) is 9.31 Å². The number of hydrogen-bond donors (Lipinski definition) is 1. The number of carbonyl (C=O) groups is 2. The number of aryl methyl sites for hydroxylation is 1. The van der Waals surface area contributed by atoms with Crippen molar-refractivity contribution in [1.82, 2.24) is 19.1 Å². The fraction of sp³-hybridized carbons (Fsp3) is 0.381. The maximum Gasteiger partial charge on any atom is 0.416 e. The van der Waals surface area contributed by atoms with Crippen LogP contribution in [-0.2, 0) is 13.2 Å². The monoisotopic (exact) mass is 447 g/mol. The summed E-state index contributed by atoms with van der Waals surface area (Å²) in [5.74, 6) is -0.135. The molecule has 1 aromatic carbocycles. The highest BCUT2D eigenvalue weighted by Crippen LogP contribution is 2.51. The van der Waals surface area contributed by atoms with Crippen LogP contribution in [0.2, 0.25) is 0 Å². The molecule has 8 nitrogen and oxygen atoms in total. The Kier molecular flexibility index (Phi) is 4.30. The van der Waals surface area contributed by atoms with Gasteiger partial charge in [-0.05, 0) is 31.0 Å². The Balaban J connectivity index is 1.27. The average molecular weight is 447 g/mol. The lowest BCUT2D eigenvalue weighted by Gasteiger charge is -2.60. The molecule has 1 aliphatic carbocycles. The largest absolute Gasteiger partial charge is 0.465 e. The number of aromatic nitrogens is 3. The first-order chi connectivity index (χ1) is 15.1. The summed E-state index contributed by atoms with van der Waals surface area (Å²) in [5.41, 5.74) is 0.119. The van der Waals surface area contributed by atoms with E-state index in [9.17, 15) is 27.9 Å². The molecule has 2 amide bonds. The summed E-state index contributed by atoms with van der Waals surface area (Å²) < 4.78 is 42.6. The standard InChI is InChI=1S/C21H20F3N5O3/c1-26-5-6-28-17(26)16(10-25-28)18(30)27-11-20(12-27)8-15(9-20)29(19(31)32)14-4-2-3-13(7-14)21(22,23)24/h2-7,10,15H,8-9,11-12H2,1H3,(H,31,32). The summed E-state index contributed by atoms with van der Waals surface area (Å²) in [6.45, 7) is 0.973. The molecule has 0 bridgehead atoms. The second kappa shape index (κ2) is 6.75. The molecule has 5 rings (SSSR count). The number of rotatable bonds is 3. The lowest BCUT2D eigenvalue weighted by atomic mass is 9.60. The van der Waals surface area contributed by atoms with E-state index in [0.717, 1.165) is 17.0 Å². The summed E-state index contributed by atoms with van der Waals surface area (Å²) in [5, 5.41) is 13.8. The molecule has 3 aromatic rings. The van der Waals surface area contributed by atoms with Crippen molar-refractivity contribution >= 4 is 23.3 Å². The van der Waals surface area contributed by atoms with Crippen LogP contribution in [0.1, 0.15) is 28.8 Å². The van der Waals surface area contributed by atoms with Gasteiger partial charge in [-0.1, -0.05) is 6.07 Å². The Bertz CT molecular complexity index is 1220. The fourth-order valence-electron chi connectivity index (χ4n) is 4.97. The van der Waals surface area contributed by atoms with Gasteiger partial charge in [0, 0.05) is 49.7 Å². The van der Waals surface area contributed by atoms with Crippen molar-refractivity contribution < 1.29 is 27.9 Å². The highest BCUT2D eigenvalue weighted by molar-refractivity contribution is 6.00. The fourth-order valence-corrected chi connectivity index (χ4v) is 4.97.